The molecule has 1 fully saturated rings. The van der Waals surface area contributed by atoms with E-state index in [4.69, 9.17) is 17.3 Å². The van der Waals surface area contributed by atoms with Crippen LogP contribution in [0.2, 0.25) is 5.02 Å². The van der Waals surface area contributed by atoms with E-state index < -0.39 is 0 Å². The van der Waals surface area contributed by atoms with E-state index in [2.05, 4.69) is 5.32 Å². The molecule has 0 aliphatic heterocycles. The molecule has 1 aromatic carbocycles. The number of halogens is 1. The molecule has 3 nitrogen and oxygen atoms in total. The van der Waals surface area contributed by atoms with Gasteiger partial charge in [-0.05, 0) is 43.4 Å². The molecular formula is C12H15ClN2O. The average molecular weight is 239 g/mol. The summed E-state index contributed by atoms with van der Waals surface area (Å²) in [7, 11) is 0. The van der Waals surface area contributed by atoms with E-state index in [0.717, 1.165) is 11.3 Å². The van der Waals surface area contributed by atoms with Gasteiger partial charge in [0, 0.05) is 12.1 Å². The number of benzene rings is 1. The number of rotatable bonds is 3. The number of hydrogen-bond acceptors (Lipinski definition) is 2. The number of nitrogen functional groups attached to an aromatic ring is 1. The monoisotopic (exact) mass is 238 g/mol. The van der Waals surface area contributed by atoms with Crippen molar-refractivity contribution in [3.05, 3.63) is 22.7 Å². The largest absolute Gasteiger partial charge is 0.398 e. The van der Waals surface area contributed by atoms with Crippen LogP contribution in [0.25, 0.3) is 0 Å². The second kappa shape index (κ2) is 4.34. The Morgan fingerprint density at radius 3 is 2.88 bits per heavy atom. The van der Waals surface area contributed by atoms with Crippen molar-refractivity contribution in [3.63, 3.8) is 0 Å². The van der Waals surface area contributed by atoms with Crippen LogP contribution in [-0.4, -0.2) is 5.91 Å². The summed E-state index contributed by atoms with van der Waals surface area (Å²) in [5.74, 6) is 0.649. The van der Waals surface area contributed by atoms with Gasteiger partial charge in [-0.15, -0.1) is 0 Å². The first kappa shape index (κ1) is 11.3. The third-order valence-corrected chi connectivity index (χ3v) is 3.12. The molecule has 0 radical (unpaired) electrons. The number of carbonyl (C=O) groups is 1. The fraction of sp³-hybridized carbons (Fsp3) is 0.417. The van der Waals surface area contributed by atoms with E-state index >= 15 is 0 Å². The van der Waals surface area contributed by atoms with Gasteiger partial charge in [0.15, 0.2) is 0 Å². The van der Waals surface area contributed by atoms with Gasteiger partial charge in [0.2, 0.25) is 5.91 Å². The Bertz CT molecular complexity index is 427. The molecule has 1 aromatic rings. The highest BCUT2D eigenvalue weighted by atomic mass is 35.5. The van der Waals surface area contributed by atoms with Crippen LogP contribution in [0.3, 0.4) is 0 Å². The molecule has 0 spiro atoms. The molecule has 0 aromatic heterocycles. The van der Waals surface area contributed by atoms with Gasteiger partial charge >= 0.3 is 0 Å². The summed E-state index contributed by atoms with van der Waals surface area (Å²) in [4.78, 5) is 11.6. The zero-order chi connectivity index (χ0) is 11.7. The Labute approximate surface area is 100.0 Å². The lowest BCUT2D eigenvalue weighted by Gasteiger charge is -2.10. The van der Waals surface area contributed by atoms with Crippen LogP contribution >= 0.6 is 11.6 Å². The van der Waals surface area contributed by atoms with Crippen LogP contribution in [0, 0.1) is 12.8 Å². The molecule has 0 heterocycles. The van der Waals surface area contributed by atoms with Crippen molar-refractivity contribution < 1.29 is 4.79 Å². The van der Waals surface area contributed by atoms with E-state index in [1.165, 1.54) is 12.8 Å². The van der Waals surface area contributed by atoms with Crippen LogP contribution in [0.15, 0.2) is 12.1 Å². The van der Waals surface area contributed by atoms with Gasteiger partial charge in [-0.1, -0.05) is 11.6 Å². The summed E-state index contributed by atoms with van der Waals surface area (Å²) in [6.07, 6.45) is 2.96. The number of nitrogens with two attached hydrogens (primary N) is 1. The lowest BCUT2D eigenvalue weighted by atomic mass is 10.1. The number of anilines is 2. The Balaban J connectivity index is 2.07. The summed E-state index contributed by atoms with van der Waals surface area (Å²) in [5, 5.41) is 3.35. The van der Waals surface area contributed by atoms with Gasteiger partial charge < -0.3 is 11.1 Å². The topological polar surface area (TPSA) is 55.1 Å². The van der Waals surface area contributed by atoms with E-state index in [-0.39, 0.29) is 5.91 Å². The van der Waals surface area contributed by atoms with Gasteiger partial charge in [0.05, 0.1) is 10.7 Å². The van der Waals surface area contributed by atoms with Crippen LogP contribution < -0.4 is 11.1 Å². The molecule has 1 amide bonds. The normalized spacial score (nSPS) is 14.9. The molecule has 3 N–H and O–H groups in total. The highest BCUT2D eigenvalue weighted by molar-refractivity contribution is 6.33. The van der Waals surface area contributed by atoms with Crippen molar-refractivity contribution in [2.45, 2.75) is 26.2 Å². The highest BCUT2D eigenvalue weighted by Crippen LogP contribution is 2.33. The zero-order valence-electron chi connectivity index (χ0n) is 9.22. The van der Waals surface area contributed by atoms with E-state index in [1.54, 1.807) is 12.1 Å². The lowest BCUT2D eigenvalue weighted by Crippen LogP contribution is -2.13. The first-order valence-electron chi connectivity index (χ1n) is 5.41. The molecular weight excluding hydrogens is 224 g/mol. The maximum Gasteiger partial charge on any atom is 0.224 e. The smallest absolute Gasteiger partial charge is 0.224 e. The lowest BCUT2D eigenvalue weighted by molar-refractivity contribution is -0.116. The molecule has 1 aliphatic rings. The maximum atomic E-state index is 11.6. The minimum atomic E-state index is 0.0615. The van der Waals surface area contributed by atoms with Crippen LogP contribution in [0.4, 0.5) is 11.4 Å². The van der Waals surface area contributed by atoms with E-state index in [1.807, 2.05) is 6.92 Å². The Hall–Kier alpha value is -1.22. The zero-order valence-corrected chi connectivity index (χ0v) is 9.97. The number of aryl methyl sites for hydroxylation is 1. The summed E-state index contributed by atoms with van der Waals surface area (Å²) >= 11 is 5.91. The molecule has 0 unspecified atom stereocenters. The van der Waals surface area contributed by atoms with Crippen molar-refractivity contribution >= 4 is 28.9 Å². The fourth-order valence-corrected chi connectivity index (χ4v) is 1.79. The van der Waals surface area contributed by atoms with E-state index in [0.29, 0.717) is 23.0 Å². The molecule has 0 saturated heterocycles. The number of hydrogen-bond donors (Lipinski definition) is 2. The van der Waals surface area contributed by atoms with Crippen LogP contribution in [-0.2, 0) is 4.79 Å². The molecule has 16 heavy (non-hydrogen) atoms. The van der Waals surface area contributed by atoms with Crippen molar-refractivity contribution in [2.24, 2.45) is 5.92 Å². The number of nitrogens with one attached hydrogen (secondary N) is 1. The molecule has 4 heteroatoms. The fourth-order valence-electron chi connectivity index (χ4n) is 1.62. The summed E-state index contributed by atoms with van der Waals surface area (Å²) in [6.45, 7) is 1.90. The average Bonchev–Trinajstić information content (AvgIpc) is 2.98. The number of carbonyl (C=O) groups excluding carboxylic acids is 1. The predicted octanol–water partition coefficient (Wildman–Crippen LogP) is 2.97. The molecule has 2 rings (SSSR count). The van der Waals surface area contributed by atoms with Gasteiger partial charge in [0.1, 0.15) is 0 Å². The highest BCUT2D eigenvalue weighted by Gasteiger charge is 2.24. The summed E-state index contributed by atoms with van der Waals surface area (Å²) < 4.78 is 0. The third kappa shape index (κ3) is 2.67. The minimum Gasteiger partial charge on any atom is -0.398 e. The van der Waals surface area contributed by atoms with Crippen LogP contribution in [0.5, 0.6) is 0 Å². The number of amides is 1. The van der Waals surface area contributed by atoms with Crippen molar-refractivity contribution in [1.82, 2.24) is 0 Å². The molecule has 86 valence electrons. The SMILES string of the molecule is Cc1cc(N)c(Cl)cc1NC(=O)CC1CC1. The van der Waals surface area contributed by atoms with Gasteiger partial charge in [0.25, 0.3) is 0 Å². The minimum absolute atomic E-state index is 0.0615. The van der Waals surface area contributed by atoms with Gasteiger partial charge in [-0.25, -0.2) is 0 Å². The molecule has 0 atom stereocenters. The maximum absolute atomic E-state index is 11.6. The Morgan fingerprint density at radius 1 is 1.56 bits per heavy atom. The first-order chi connectivity index (χ1) is 7.56. The quantitative estimate of drug-likeness (QED) is 0.796. The van der Waals surface area contributed by atoms with Crippen molar-refractivity contribution in [1.29, 1.82) is 0 Å². The van der Waals surface area contributed by atoms with Gasteiger partial charge in [-0.2, -0.15) is 0 Å². The Morgan fingerprint density at radius 2 is 2.25 bits per heavy atom. The summed E-state index contributed by atoms with van der Waals surface area (Å²) in [6, 6.07) is 3.48. The summed E-state index contributed by atoms with van der Waals surface area (Å²) in [5.41, 5.74) is 7.90. The van der Waals surface area contributed by atoms with Crippen molar-refractivity contribution in [2.75, 3.05) is 11.1 Å². The third-order valence-electron chi connectivity index (χ3n) is 2.79. The predicted molar refractivity (Wildman–Crippen MR) is 66.6 cm³/mol. The van der Waals surface area contributed by atoms with Crippen molar-refractivity contribution in [3.8, 4) is 0 Å². The second-order valence-electron chi connectivity index (χ2n) is 4.38. The van der Waals surface area contributed by atoms with Gasteiger partial charge in [-0.3, -0.25) is 4.79 Å². The van der Waals surface area contributed by atoms with E-state index in [9.17, 15) is 4.79 Å². The van der Waals surface area contributed by atoms with Crippen LogP contribution in [0.1, 0.15) is 24.8 Å². The first-order valence-corrected chi connectivity index (χ1v) is 5.79. The molecule has 0 bridgehead atoms. The molecule has 1 aliphatic carbocycles. The molecule has 1 saturated carbocycles. The Kier molecular flexibility index (Phi) is 3.06. The second-order valence-corrected chi connectivity index (χ2v) is 4.79. The standard InChI is InChI=1S/C12H15ClN2O/c1-7-4-10(14)9(13)6-11(7)15-12(16)5-8-2-3-8/h4,6,8H,2-3,5,14H2,1H3,(H,15,16).